The van der Waals surface area contributed by atoms with Crippen LogP contribution in [0.5, 0.6) is 0 Å². The van der Waals surface area contributed by atoms with Gasteiger partial charge in [-0.1, -0.05) is 0 Å². The maximum Gasteiger partial charge on any atom is 0.508 e. The summed E-state index contributed by atoms with van der Waals surface area (Å²) in [6.45, 7) is -0.138. The number of hydrogen-bond acceptors (Lipinski definition) is 10. The summed E-state index contributed by atoms with van der Waals surface area (Å²) in [5.41, 5.74) is 0.719. The van der Waals surface area contributed by atoms with Gasteiger partial charge in [0, 0.05) is 22.7 Å². The van der Waals surface area contributed by atoms with Gasteiger partial charge < -0.3 is 45.2 Å². The number of carbonyl (C=O) groups excluding carboxylic acids is 1. The van der Waals surface area contributed by atoms with E-state index in [1.54, 1.807) is 0 Å². The second kappa shape index (κ2) is 11.5. The first-order chi connectivity index (χ1) is 13.9. The Bertz CT molecular complexity index is 751. The molecule has 0 aromatic heterocycles. The highest BCUT2D eigenvalue weighted by Gasteiger charge is 2.45. The lowest BCUT2D eigenvalue weighted by molar-refractivity contribution is -0.163. The summed E-state index contributed by atoms with van der Waals surface area (Å²) in [5, 5.41) is 69.9. The van der Waals surface area contributed by atoms with Crippen molar-refractivity contribution >= 4 is 73.9 Å². The maximum absolute atomic E-state index is 12.2. The standard InChI is InChI=1S/C17H21I3O10/c18-6-1-5(10(20)7(19)2-6)4-29-17(28)30-9-3-8(21)11(22)13(24)15(26)16(27)14(25)12(9)23/h1-2,8-9,11-16,21-27H,3-4H2. The Labute approximate surface area is 212 Å². The Morgan fingerprint density at radius 3 is 2.00 bits per heavy atom. The van der Waals surface area contributed by atoms with Gasteiger partial charge in [-0.05, 0) is 79.9 Å². The van der Waals surface area contributed by atoms with Crippen molar-refractivity contribution in [3.8, 4) is 0 Å². The van der Waals surface area contributed by atoms with Crippen LogP contribution in [-0.2, 0) is 16.1 Å². The third-order valence-corrected chi connectivity index (χ3v) is 8.44. The number of benzene rings is 1. The Morgan fingerprint density at radius 2 is 1.40 bits per heavy atom. The van der Waals surface area contributed by atoms with Gasteiger partial charge in [0.15, 0.2) is 0 Å². The first kappa shape index (κ1) is 26.7. The molecule has 8 unspecified atom stereocenters. The third-order valence-electron chi connectivity index (χ3n) is 4.66. The van der Waals surface area contributed by atoms with Gasteiger partial charge in [-0.15, -0.1) is 0 Å². The molecular formula is C17H21I3O10. The highest BCUT2D eigenvalue weighted by molar-refractivity contribution is 14.1. The second-order valence-corrected chi connectivity index (χ2v) is 10.3. The van der Waals surface area contributed by atoms with Crippen molar-refractivity contribution in [2.24, 2.45) is 0 Å². The zero-order valence-corrected chi connectivity index (χ0v) is 21.6. The molecule has 170 valence electrons. The van der Waals surface area contributed by atoms with Crippen LogP contribution in [0.2, 0.25) is 0 Å². The van der Waals surface area contributed by atoms with Crippen molar-refractivity contribution in [1.29, 1.82) is 0 Å². The summed E-state index contributed by atoms with van der Waals surface area (Å²) in [7, 11) is 0. The molecule has 1 saturated carbocycles. The highest BCUT2D eigenvalue weighted by atomic mass is 127. The first-order valence-electron chi connectivity index (χ1n) is 8.67. The van der Waals surface area contributed by atoms with Crippen molar-refractivity contribution in [1.82, 2.24) is 0 Å². The number of rotatable bonds is 3. The smallest absolute Gasteiger partial charge is 0.429 e. The van der Waals surface area contributed by atoms with Crippen LogP contribution in [0.1, 0.15) is 12.0 Å². The van der Waals surface area contributed by atoms with Crippen LogP contribution in [-0.4, -0.2) is 90.7 Å². The molecular weight excluding hydrogens is 745 g/mol. The van der Waals surface area contributed by atoms with Crippen molar-refractivity contribution in [2.75, 3.05) is 0 Å². The second-order valence-electron chi connectivity index (χ2n) is 6.80. The van der Waals surface area contributed by atoms with Gasteiger partial charge in [-0.3, -0.25) is 0 Å². The van der Waals surface area contributed by atoms with Crippen LogP contribution in [0.15, 0.2) is 12.1 Å². The molecule has 0 bridgehead atoms. The van der Waals surface area contributed by atoms with Gasteiger partial charge in [-0.25, -0.2) is 4.79 Å². The lowest BCUT2D eigenvalue weighted by Crippen LogP contribution is -2.53. The summed E-state index contributed by atoms with van der Waals surface area (Å²) in [5.74, 6) is 0. The lowest BCUT2D eigenvalue weighted by Gasteiger charge is -2.30. The Balaban J connectivity index is 2.11. The predicted molar refractivity (Wildman–Crippen MR) is 126 cm³/mol. The van der Waals surface area contributed by atoms with E-state index in [0.717, 1.165) is 16.3 Å². The molecule has 1 aliphatic rings. The molecule has 0 spiro atoms. The average molecular weight is 766 g/mol. The largest absolute Gasteiger partial charge is 0.508 e. The number of carbonyl (C=O) groups is 1. The topological polar surface area (TPSA) is 177 Å². The molecule has 0 saturated heterocycles. The predicted octanol–water partition coefficient (Wildman–Crippen LogP) is -0.548. The number of aliphatic hydroxyl groups is 7. The van der Waals surface area contributed by atoms with Crippen molar-refractivity contribution < 1.29 is 50.0 Å². The van der Waals surface area contributed by atoms with Crippen molar-refractivity contribution in [3.05, 3.63) is 28.4 Å². The van der Waals surface area contributed by atoms with E-state index in [0.29, 0.717) is 0 Å². The maximum atomic E-state index is 12.2. The summed E-state index contributed by atoms with van der Waals surface area (Å²) < 4.78 is 12.8. The molecule has 1 fully saturated rings. The molecule has 30 heavy (non-hydrogen) atoms. The van der Waals surface area contributed by atoms with Crippen LogP contribution < -0.4 is 0 Å². The summed E-state index contributed by atoms with van der Waals surface area (Å²) in [6, 6.07) is 3.76. The molecule has 2 rings (SSSR count). The van der Waals surface area contributed by atoms with E-state index in [2.05, 4.69) is 67.8 Å². The zero-order valence-electron chi connectivity index (χ0n) is 15.2. The van der Waals surface area contributed by atoms with E-state index in [1.165, 1.54) is 0 Å². The minimum atomic E-state index is -2.08. The van der Waals surface area contributed by atoms with Gasteiger partial charge in [0.05, 0.1) is 6.10 Å². The molecule has 7 N–H and O–H groups in total. The zero-order chi connectivity index (χ0) is 22.7. The average Bonchev–Trinajstić information content (AvgIpc) is 2.71. The van der Waals surface area contributed by atoms with Crippen molar-refractivity contribution in [3.63, 3.8) is 0 Å². The fourth-order valence-corrected chi connectivity index (χ4v) is 5.33. The number of aliphatic hydroxyl groups excluding tert-OH is 7. The first-order valence-corrected chi connectivity index (χ1v) is 11.9. The Hall–Kier alpha value is 0.400. The quantitative estimate of drug-likeness (QED) is 0.120. The third kappa shape index (κ3) is 6.47. The fourth-order valence-electron chi connectivity index (χ4n) is 2.90. The summed E-state index contributed by atoms with van der Waals surface area (Å²) >= 11 is 6.36. The Morgan fingerprint density at radius 1 is 0.867 bits per heavy atom. The van der Waals surface area contributed by atoms with E-state index >= 15 is 0 Å². The number of halogens is 3. The summed E-state index contributed by atoms with van der Waals surface area (Å²) in [4.78, 5) is 12.2. The molecule has 0 heterocycles. The number of hydrogen-bond donors (Lipinski definition) is 7. The van der Waals surface area contributed by atoms with Gasteiger partial charge in [0.1, 0.15) is 49.3 Å². The molecule has 1 aromatic carbocycles. The molecule has 0 radical (unpaired) electrons. The fraction of sp³-hybridized carbons (Fsp3) is 0.588. The monoisotopic (exact) mass is 766 g/mol. The lowest BCUT2D eigenvalue weighted by atomic mass is 9.97. The van der Waals surface area contributed by atoms with Gasteiger partial charge in [-0.2, -0.15) is 0 Å². The van der Waals surface area contributed by atoms with Crippen LogP contribution in [0.4, 0.5) is 4.79 Å². The molecule has 13 heteroatoms. The molecule has 0 amide bonds. The van der Waals surface area contributed by atoms with Gasteiger partial charge in [0.25, 0.3) is 0 Å². The van der Waals surface area contributed by atoms with E-state index < -0.39 is 61.4 Å². The van der Waals surface area contributed by atoms with Crippen LogP contribution in [0, 0.1) is 10.7 Å². The molecule has 1 aliphatic carbocycles. The molecule has 8 atom stereocenters. The minimum absolute atomic E-state index is 0.138. The summed E-state index contributed by atoms with van der Waals surface area (Å²) in [6.07, 6.45) is -17.2. The SMILES string of the molecule is O=C(OCc1cc(I)cc(I)c1I)OC1CC(O)C(O)C(O)C(O)C(O)C(O)C1O. The van der Waals surface area contributed by atoms with Crippen molar-refractivity contribution in [2.45, 2.75) is 61.9 Å². The van der Waals surface area contributed by atoms with Crippen LogP contribution in [0.3, 0.4) is 0 Å². The van der Waals surface area contributed by atoms with E-state index in [4.69, 9.17) is 9.47 Å². The van der Waals surface area contributed by atoms with E-state index in [1.807, 2.05) is 12.1 Å². The molecule has 1 aromatic rings. The van der Waals surface area contributed by atoms with Crippen LogP contribution in [0.25, 0.3) is 0 Å². The normalized spacial score (nSPS) is 35.1. The van der Waals surface area contributed by atoms with E-state index in [9.17, 15) is 40.5 Å². The molecule has 0 aliphatic heterocycles. The minimum Gasteiger partial charge on any atom is -0.429 e. The van der Waals surface area contributed by atoms with E-state index in [-0.39, 0.29) is 6.61 Å². The van der Waals surface area contributed by atoms with Gasteiger partial charge in [0.2, 0.25) is 0 Å². The van der Waals surface area contributed by atoms with Crippen LogP contribution >= 0.6 is 67.8 Å². The molecule has 10 nitrogen and oxygen atoms in total. The Kier molecular flexibility index (Phi) is 10.2. The highest BCUT2D eigenvalue weighted by Crippen LogP contribution is 2.25. The van der Waals surface area contributed by atoms with Gasteiger partial charge >= 0.3 is 6.16 Å². The number of ether oxygens (including phenoxy) is 2.